The van der Waals surface area contributed by atoms with Gasteiger partial charge in [-0.05, 0) is 55.2 Å². The second-order valence-electron chi connectivity index (χ2n) is 8.10. The highest BCUT2D eigenvalue weighted by Crippen LogP contribution is 2.31. The van der Waals surface area contributed by atoms with Gasteiger partial charge in [0.25, 0.3) is 10.3 Å². The second kappa shape index (κ2) is 11.2. The standard InChI is InChI=1S/C21H29N3O6S/c1-29-17-8-6-15(7-9-17)12-18-19(23-21(26)31-18)20(25)22-11-10-14-2-4-16(5-3-14)13-30-24(27)28/h6-9,14,16,18-19H,2-5,10-13H2,1H3,(H,22,25)(H,23,26). The van der Waals surface area contributed by atoms with Gasteiger partial charge in [-0.15, -0.1) is 10.1 Å². The molecule has 1 saturated heterocycles. The fourth-order valence-electron chi connectivity index (χ4n) is 4.21. The summed E-state index contributed by atoms with van der Waals surface area (Å²) in [5, 5.41) is 15.0. The van der Waals surface area contributed by atoms with Crippen molar-refractivity contribution in [1.29, 1.82) is 0 Å². The molecule has 1 aromatic rings. The highest BCUT2D eigenvalue weighted by molar-refractivity contribution is 8.14. The smallest absolute Gasteiger partial charge is 0.294 e. The van der Waals surface area contributed by atoms with Gasteiger partial charge >= 0.3 is 0 Å². The summed E-state index contributed by atoms with van der Waals surface area (Å²) in [6.07, 6.45) is 5.26. The number of nitrogens with zero attached hydrogens (tertiary/aromatic N) is 1. The number of carbonyl (C=O) groups is 2. The van der Waals surface area contributed by atoms with E-state index in [1.807, 2.05) is 24.3 Å². The van der Waals surface area contributed by atoms with E-state index in [-0.39, 0.29) is 28.9 Å². The lowest BCUT2D eigenvalue weighted by molar-refractivity contribution is -0.759. The molecule has 1 heterocycles. The molecule has 1 aromatic carbocycles. The maximum absolute atomic E-state index is 12.7. The first-order chi connectivity index (χ1) is 14.9. The van der Waals surface area contributed by atoms with Crippen molar-refractivity contribution in [2.45, 2.75) is 49.8 Å². The largest absolute Gasteiger partial charge is 0.497 e. The van der Waals surface area contributed by atoms with E-state index >= 15 is 0 Å². The molecule has 2 N–H and O–H groups in total. The van der Waals surface area contributed by atoms with Crippen LogP contribution in [0.1, 0.15) is 37.7 Å². The van der Waals surface area contributed by atoms with E-state index in [4.69, 9.17) is 4.74 Å². The summed E-state index contributed by atoms with van der Waals surface area (Å²) in [7, 11) is 1.61. The van der Waals surface area contributed by atoms with Crippen molar-refractivity contribution in [3.8, 4) is 5.75 Å². The Hall–Kier alpha value is -2.49. The minimum atomic E-state index is -0.733. The van der Waals surface area contributed by atoms with E-state index in [1.54, 1.807) is 7.11 Å². The molecular formula is C21H29N3O6S. The van der Waals surface area contributed by atoms with Gasteiger partial charge in [-0.2, -0.15) is 0 Å². The average Bonchev–Trinajstić information content (AvgIpc) is 3.13. The van der Waals surface area contributed by atoms with Crippen molar-refractivity contribution >= 4 is 22.9 Å². The normalized spacial score (nSPS) is 25.5. The monoisotopic (exact) mass is 451 g/mol. The van der Waals surface area contributed by atoms with Crippen LogP contribution < -0.4 is 15.4 Å². The number of methoxy groups -OCH3 is 1. The Morgan fingerprint density at radius 3 is 2.55 bits per heavy atom. The quantitative estimate of drug-likeness (QED) is 0.414. The topological polar surface area (TPSA) is 120 Å². The lowest BCUT2D eigenvalue weighted by Gasteiger charge is -2.28. The lowest BCUT2D eigenvalue weighted by atomic mass is 9.81. The molecule has 1 aliphatic carbocycles. The third kappa shape index (κ3) is 7.02. The number of amides is 2. The molecule has 0 spiro atoms. The Labute approximate surface area is 185 Å². The Morgan fingerprint density at radius 2 is 1.90 bits per heavy atom. The van der Waals surface area contributed by atoms with Crippen LogP contribution in [0.15, 0.2) is 24.3 Å². The number of hydrogen-bond acceptors (Lipinski definition) is 7. The molecular weight excluding hydrogens is 422 g/mol. The van der Waals surface area contributed by atoms with Crippen molar-refractivity contribution in [2.24, 2.45) is 11.8 Å². The van der Waals surface area contributed by atoms with Crippen LogP contribution in [0.4, 0.5) is 4.79 Å². The summed E-state index contributed by atoms with van der Waals surface area (Å²) >= 11 is 1.17. The molecule has 2 amide bonds. The maximum atomic E-state index is 12.7. The molecule has 1 aliphatic heterocycles. The summed E-state index contributed by atoms with van der Waals surface area (Å²) in [6.45, 7) is 0.733. The number of thioether (sulfide) groups is 1. The molecule has 1 saturated carbocycles. The van der Waals surface area contributed by atoms with Gasteiger partial charge < -0.3 is 20.2 Å². The summed E-state index contributed by atoms with van der Waals surface area (Å²) in [6, 6.07) is 7.10. The molecule has 2 unspecified atom stereocenters. The van der Waals surface area contributed by atoms with Crippen molar-refractivity contribution in [1.82, 2.24) is 10.6 Å². The van der Waals surface area contributed by atoms with Crippen LogP contribution in [-0.2, 0) is 16.1 Å². The summed E-state index contributed by atoms with van der Waals surface area (Å²) < 4.78 is 5.17. The van der Waals surface area contributed by atoms with Gasteiger partial charge in [-0.25, -0.2) is 0 Å². The first-order valence-electron chi connectivity index (χ1n) is 10.6. The number of benzene rings is 1. The Balaban J connectivity index is 1.40. The van der Waals surface area contributed by atoms with Gasteiger partial charge in [0.2, 0.25) is 5.91 Å². The molecule has 170 valence electrons. The molecule has 31 heavy (non-hydrogen) atoms. The summed E-state index contributed by atoms with van der Waals surface area (Å²) in [5.74, 6) is 1.35. The van der Waals surface area contributed by atoms with Gasteiger partial charge in [-0.1, -0.05) is 36.7 Å². The summed E-state index contributed by atoms with van der Waals surface area (Å²) in [4.78, 5) is 39.4. The van der Waals surface area contributed by atoms with Crippen molar-refractivity contribution in [3.05, 3.63) is 39.9 Å². The third-order valence-corrected chi connectivity index (χ3v) is 7.09. The predicted octanol–water partition coefficient (Wildman–Crippen LogP) is 2.95. The fourth-order valence-corrected chi connectivity index (χ4v) is 5.28. The molecule has 3 rings (SSSR count). The van der Waals surface area contributed by atoms with Gasteiger partial charge in [0, 0.05) is 11.8 Å². The van der Waals surface area contributed by atoms with Crippen LogP contribution in [0, 0.1) is 22.0 Å². The van der Waals surface area contributed by atoms with Crippen LogP contribution in [-0.4, -0.2) is 47.8 Å². The minimum absolute atomic E-state index is 0.148. The van der Waals surface area contributed by atoms with Gasteiger partial charge in [0.15, 0.2) is 0 Å². The molecule has 2 aliphatic rings. The van der Waals surface area contributed by atoms with Crippen LogP contribution in [0.3, 0.4) is 0 Å². The lowest BCUT2D eigenvalue weighted by Crippen LogP contribution is -2.47. The van der Waals surface area contributed by atoms with Crippen molar-refractivity contribution in [2.75, 3.05) is 20.3 Å². The second-order valence-corrected chi connectivity index (χ2v) is 9.32. The van der Waals surface area contributed by atoms with Crippen molar-refractivity contribution in [3.63, 3.8) is 0 Å². The number of ether oxygens (including phenoxy) is 1. The highest BCUT2D eigenvalue weighted by atomic mass is 32.2. The van der Waals surface area contributed by atoms with Gasteiger partial charge in [0.05, 0.1) is 13.7 Å². The van der Waals surface area contributed by atoms with E-state index in [0.29, 0.717) is 18.9 Å². The molecule has 2 fully saturated rings. The van der Waals surface area contributed by atoms with Gasteiger partial charge in [-0.3, -0.25) is 9.59 Å². The maximum Gasteiger partial charge on any atom is 0.294 e. The Kier molecular flexibility index (Phi) is 8.39. The predicted molar refractivity (Wildman–Crippen MR) is 116 cm³/mol. The molecule has 10 heteroatoms. The zero-order valence-electron chi connectivity index (χ0n) is 17.6. The third-order valence-electron chi connectivity index (χ3n) is 6.02. The molecule has 0 bridgehead atoms. The number of carbonyl (C=O) groups excluding carboxylic acids is 2. The van der Waals surface area contributed by atoms with Crippen molar-refractivity contribution < 1.29 is 24.3 Å². The average molecular weight is 452 g/mol. The van der Waals surface area contributed by atoms with Crippen LogP contribution in [0.5, 0.6) is 5.75 Å². The Morgan fingerprint density at radius 1 is 1.23 bits per heavy atom. The minimum Gasteiger partial charge on any atom is -0.497 e. The van der Waals surface area contributed by atoms with Crippen LogP contribution >= 0.6 is 11.8 Å². The van der Waals surface area contributed by atoms with Gasteiger partial charge in [0.1, 0.15) is 11.8 Å². The molecule has 0 radical (unpaired) electrons. The van der Waals surface area contributed by atoms with E-state index in [9.17, 15) is 19.7 Å². The first kappa shape index (κ1) is 23.2. The Bertz CT molecular complexity index is 767. The summed E-state index contributed by atoms with van der Waals surface area (Å²) in [5.41, 5.74) is 1.05. The first-order valence-corrected chi connectivity index (χ1v) is 11.5. The SMILES string of the molecule is COc1ccc(CC2SC(=O)NC2C(=O)NCCC2CCC(CO[N+](=O)[O-])CC2)cc1. The molecule has 9 nitrogen and oxygen atoms in total. The van der Waals surface area contributed by atoms with Crippen LogP contribution in [0.2, 0.25) is 0 Å². The zero-order chi connectivity index (χ0) is 22.2. The van der Waals surface area contributed by atoms with E-state index in [0.717, 1.165) is 43.4 Å². The van der Waals surface area contributed by atoms with E-state index < -0.39 is 11.1 Å². The number of nitrogens with one attached hydrogen (secondary N) is 2. The zero-order valence-corrected chi connectivity index (χ0v) is 18.4. The van der Waals surface area contributed by atoms with E-state index in [2.05, 4.69) is 15.5 Å². The van der Waals surface area contributed by atoms with Crippen LogP contribution in [0.25, 0.3) is 0 Å². The number of rotatable bonds is 10. The number of hydrogen-bond donors (Lipinski definition) is 2. The molecule has 2 atom stereocenters. The van der Waals surface area contributed by atoms with E-state index in [1.165, 1.54) is 11.8 Å². The molecule has 0 aromatic heterocycles. The highest BCUT2D eigenvalue weighted by Gasteiger charge is 2.38. The fraction of sp³-hybridized carbons (Fsp3) is 0.619.